The fraction of sp³-hybridized carbons (Fsp3) is 0.875. The van der Waals surface area contributed by atoms with Crippen LogP contribution < -0.4 is 5.32 Å². The molecule has 1 fully saturated rings. The lowest BCUT2D eigenvalue weighted by atomic mass is 10.00. The molecule has 1 saturated heterocycles. The molecule has 0 unspecified atom stereocenters. The number of nitrogens with zero attached hydrogens (tertiary/aromatic N) is 1. The molecule has 0 aromatic heterocycles. The Kier molecular flexibility index (Phi) is 3.98. The predicted octanol–water partition coefficient (Wildman–Crippen LogP) is 1.01. The average Bonchev–Trinajstić information content (AvgIpc) is 2.07. The highest BCUT2D eigenvalue weighted by Crippen LogP contribution is 2.11. The second-order valence-corrected chi connectivity index (χ2v) is 2.85. The molecule has 0 atom stereocenters. The Hall–Kier alpha value is -0.570. The van der Waals surface area contributed by atoms with Gasteiger partial charge < -0.3 is 10.2 Å². The van der Waals surface area contributed by atoms with Gasteiger partial charge in [-0.05, 0) is 38.8 Å². The molecule has 0 bridgehead atoms. The summed E-state index contributed by atoms with van der Waals surface area (Å²) in [6.45, 7) is 4.90. The number of oxime groups is 1. The van der Waals surface area contributed by atoms with E-state index in [0.717, 1.165) is 19.7 Å². The van der Waals surface area contributed by atoms with Crippen LogP contribution in [0.15, 0.2) is 5.16 Å². The zero-order valence-electron chi connectivity index (χ0n) is 7.05. The van der Waals surface area contributed by atoms with Gasteiger partial charge in [-0.25, -0.2) is 0 Å². The zero-order chi connectivity index (χ0) is 7.94. The number of piperidine rings is 1. The molecule has 0 amide bonds. The molecule has 1 heterocycles. The minimum absolute atomic E-state index is 0.708. The fourth-order valence-corrected chi connectivity index (χ4v) is 1.27. The molecule has 0 saturated carbocycles. The molecule has 1 N–H and O–H groups in total. The summed E-state index contributed by atoms with van der Waals surface area (Å²) in [6, 6.07) is 0. The van der Waals surface area contributed by atoms with E-state index in [9.17, 15) is 0 Å². The van der Waals surface area contributed by atoms with Crippen molar-refractivity contribution in [2.75, 3.05) is 19.7 Å². The first-order chi connectivity index (χ1) is 5.43. The average molecular weight is 156 g/mol. The minimum atomic E-state index is 0.708. The Morgan fingerprint density at radius 1 is 1.55 bits per heavy atom. The van der Waals surface area contributed by atoms with Crippen LogP contribution >= 0.6 is 0 Å². The van der Waals surface area contributed by atoms with Crippen LogP contribution in [0.4, 0.5) is 0 Å². The largest absolute Gasteiger partial charge is 0.396 e. The van der Waals surface area contributed by atoms with E-state index in [-0.39, 0.29) is 0 Å². The third-order valence-electron chi connectivity index (χ3n) is 1.95. The predicted molar refractivity (Wildman–Crippen MR) is 45.7 cm³/mol. The summed E-state index contributed by atoms with van der Waals surface area (Å²) in [4.78, 5) is 5.06. The molecule has 3 nitrogen and oxygen atoms in total. The Bertz CT molecular complexity index is 119. The van der Waals surface area contributed by atoms with Crippen molar-refractivity contribution in [3.63, 3.8) is 0 Å². The van der Waals surface area contributed by atoms with Crippen molar-refractivity contribution in [1.29, 1.82) is 0 Å². The number of nitrogens with one attached hydrogen (secondary N) is 1. The van der Waals surface area contributed by atoms with Crippen molar-refractivity contribution in [1.82, 2.24) is 5.32 Å². The van der Waals surface area contributed by atoms with E-state index in [0.29, 0.717) is 5.92 Å². The van der Waals surface area contributed by atoms with Crippen molar-refractivity contribution < 1.29 is 4.84 Å². The van der Waals surface area contributed by atoms with Gasteiger partial charge in [0.05, 0.1) is 0 Å². The molecule has 0 aromatic carbocycles. The summed E-state index contributed by atoms with van der Waals surface area (Å²) in [6.07, 6.45) is 4.12. The second-order valence-electron chi connectivity index (χ2n) is 2.85. The summed E-state index contributed by atoms with van der Waals surface area (Å²) < 4.78 is 0. The molecule has 1 aliphatic rings. The lowest BCUT2D eigenvalue weighted by molar-refractivity contribution is 0.0954. The molecule has 3 heteroatoms. The lowest BCUT2D eigenvalue weighted by Crippen LogP contribution is -2.29. The molecule has 1 aliphatic heterocycles. The zero-order valence-corrected chi connectivity index (χ0v) is 7.05. The monoisotopic (exact) mass is 156 g/mol. The smallest absolute Gasteiger partial charge is 0.120 e. The summed E-state index contributed by atoms with van der Waals surface area (Å²) in [5.74, 6) is 0.708. The van der Waals surface area contributed by atoms with Gasteiger partial charge in [0.1, 0.15) is 6.61 Å². The van der Waals surface area contributed by atoms with Gasteiger partial charge in [-0.1, -0.05) is 5.16 Å². The van der Waals surface area contributed by atoms with E-state index in [2.05, 4.69) is 10.5 Å². The van der Waals surface area contributed by atoms with Crippen molar-refractivity contribution in [3.8, 4) is 0 Å². The first-order valence-electron chi connectivity index (χ1n) is 4.24. The van der Waals surface area contributed by atoms with E-state index >= 15 is 0 Å². The van der Waals surface area contributed by atoms with Gasteiger partial charge >= 0.3 is 0 Å². The maximum Gasteiger partial charge on any atom is 0.120 e. The molecule has 0 radical (unpaired) electrons. The van der Waals surface area contributed by atoms with E-state index in [4.69, 9.17) is 4.84 Å². The quantitative estimate of drug-likeness (QED) is 0.488. The van der Waals surface area contributed by atoms with Crippen molar-refractivity contribution >= 4 is 6.21 Å². The topological polar surface area (TPSA) is 33.6 Å². The first kappa shape index (κ1) is 8.53. The van der Waals surface area contributed by atoms with Gasteiger partial charge in [0.25, 0.3) is 0 Å². The van der Waals surface area contributed by atoms with Gasteiger partial charge in [0.2, 0.25) is 0 Å². The van der Waals surface area contributed by atoms with E-state index < -0.39 is 0 Å². The second kappa shape index (κ2) is 5.13. The summed E-state index contributed by atoms with van der Waals surface area (Å²) in [5.41, 5.74) is 0. The molecule has 0 aromatic rings. The van der Waals surface area contributed by atoms with E-state index in [1.807, 2.05) is 6.92 Å². The van der Waals surface area contributed by atoms with Crippen molar-refractivity contribution in [2.45, 2.75) is 19.8 Å². The third-order valence-corrected chi connectivity index (χ3v) is 1.95. The van der Waals surface area contributed by atoms with Crippen LogP contribution in [0.25, 0.3) is 0 Å². The first-order valence-corrected chi connectivity index (χ1v) is 4.24. The molecule has 0 aliphatic carbocycles. The van der Waals surface area contributed by atoms with Gasteiger partial charge in [-0.3, -0.25) is 0 Å². The van der Waals surface area contributed by atoms with Crippen LogP contribution in [0.3, 0.4) is 0 Å². The molecular formula is C8H16N2O. The summed E-state index contributed by atoms with van der Waals surface area (Å²) >= 11 is 0. The Labute approximate surface area is 67.8 Å². The lowest BCUT2D eigenvalue weighted by Gasteiger charge is -2.20. The Morgan fingerprint density at radius 2 is 2.27 bits per heavy atom. The van der Waals surface area contributed by atoms with Gasteiger partial charge in [0, 0.05) is 6.21 Å². The molecule has 11 heavy (non-hydrogen) atoms. The molecule has 1 rings (SSSR count). The van der Waals surface area contributed by atoms with Crippen molar-refractivity contribution in [2.24, 2.45) is 11.1 Å². The van der Waals surface area contributed by atoms with E-state index in [1.165, 1.54) is 12.8 Å². The third kappa shape index (κ3) is 3.37. The summed E-state index contributed by atoms with van der Waals surface area (Å²) in [7, 11) is 0. The van der Waals surface area contributed by atoms with Crippen LogP contribution in [0.5, 0.6) is 0 Å². The highest BCUT2D eigenvalue weighted by molar-refractivity contribution is 5.52. The standard InChI is InChI=1S/C8H16N2O/c1-2-10-11-7-8-3-5-9-6-4-8/h2,8-9H,3-7H2,1H3/b10-2+. The number of hydrogen-bond acceptors (Lipinski definition) is 3. The minimum Gasteiger partial charge on any atom is -0.396 e. The SMILES string of the molecule is C/C=N/OCC1CCNCC1. The van der Waals surface area contributed by atoms with Crippen LogP contribution in [0.1, 0.15) is 19.8 Å². The Morgan fingerprint density at radius 3 is 2.91 bits per heavy atom. The van der Waals surface area contributed by atoms with Crippen LogP contribution in [0, 0.1) is 5.92 Å². The maximum atomic E-state index is 5.06. The highest BCUT2D eigenvalue weighted by atomic mass is 16.6. The van der Waals surface area contributed by atoms with Gasteiger partial charge in [-0.2, -0.15) is 0 Å². The fourth-order valence-electron chi connectivity index (χ4n) is 1.27. The van der Waals surface area contributed by atoms with Crippen molar-refractivity contribution in [3.05, 3.63) is 0 Å². The van der Waals surface area contributed by atoms with Crippen LogP contribution in [-0.2, 0) is 4.84 Å². The van der Waals surface area contributed by atoms with Crippen LogP contribution in [-0.4, -0.2) is 25.9 Å². The van der Waals surface area contributed by atoms with E-state index in [1.54, 1.807) is 6.21 Å². The normalized spacial score (nSPS) is 20.8. The highest BCUT2D eigenvalue weighted by Gasteiger charge is 2.12. The van der Waals surface area contributed by atoms with Gasteiger partial charge in [-0.15, -0.1) is 0 Å². The molecule has 64 valence electrons. The summed E-state index contributed by atoms with van der Waals surface area (Å²) in [5, 5.41) is 7.03. The maximum absolute atomic E-state index is 5.06. The molecular weight excluding hydrogens is 140 g/mol. The Balaban J connectivity index is 2.04. The van der Waals surface area contributed by atoms with Gasteiger partial charge in [0.15, 0.2) is 0 Å². The number of rotatable bonds is 3. The number of hydrogen-bond donors (Lipinski definition) is 1. The van der Waals surface area contributed by atoms with Crippen LogP contribution in [0.2, 0.25) is 0 Å². The molecule has 0 spiro atoms.